The van der Waals surface area contributed by atoms with E-state index >= 15 is 0 Å². The van der Waals surface area contributed by atoms with Gasteiger partial charge in [-0.05, 0) is 88.7 Å². The lowest BCUT2D eigenvalue weighted by Gasteiger charge is -2.24. The van der Waals surface area contributed by atoms with Crippen molar-refractivity contribution >= 4 is 11.8 Å². The Morgan fingerprint density at radius 2 is 1.25 bits per heavy atom. The highest BCUT2D eigenvalue weighted by atomic mass is 16.7. The molecule has 1 heterocycles. The van der Waals surface area contributed by atoms with Gasteiger partial charge in [-0.25, -0.2) is 0 Å². The molecule has 2 amide bonds. The molecule has 5 nitrogen and oxygen atoms in total. The molecule has 0 bridgehead atoms. The quantitative estimate of drug-likeness (QED) is 0.0360. The number of nitrogens with zero attached hydrogens (tertiary/aromatic N) is 1. The molecule has 1 aliphatic carbocycles. The normalized spacial score (nSPS) is 18.9. The Morgan fingerprint density at radius 3 is 1.88 bits per heavy atom. The second-order valence-corrected chi connectivity index (χ2v) is 15.4. The van der Waals surface area contributed by atoms with Crippen molar-refractivity contribution in [3.63, 3.8) is 0 Å². The summed E-state index contributed by atoms with van der Waals surface area (Å²) in [5.41, 5.74) is 4.41. The highest BCUT2D eigenvalue weighted by Crippen LogP contribution is 2.33. The van der Waals surface area contributed by atoms with Crippen LogP contribution >= 0.6 is 0 Å². The van der Waals surface area contributed by atoms with E-state index in [1.165, 1.54) is 146 Å². The molecular weight excluding hydrogens is 631 g/mol. The Morgan fingerprint density at radius 1 is 0.706 bits per heavy atom. The molecule has 2 unspecified atom stereocenters. The molecular formula is C46H75NO4. The fourth-order valence-corrected chi connectivity index (χ4v) is 7.79. The van der Waals surface area contributed by atoms with Crippen LogP contribution in [0.1, 0.15) is 208 Å². The lowest BCUT2D eigenvalue weighted by atomic mass is 9.82. The molecule has 0 aromatic heterocycles. The van der Waals surface area contributed by atoms with Crippen LogP contribution in [-0.2, 0) is 9.47 Å². The van der Waals surface area contributed by atoms with E-state index in [0.29, 0.717) is 24.3 Å². The third kappa shape index (κ3) is 17.0. The molecule has 0 N–H and O–H groups in total. The van der Waals surface area contributed by atoms with E-state index < -0.39 is 6.29 Å². The van der Waals surface area contributed by atoms with Crippen LogP contribution < -0.4 is 0 Å². The van der Waals surface area contributed by atoms with Crippen molar-refractivity contribution < 1.29 is 19.1 Å². The van der Waals surface area contributed by atoms with Crippen molar-refractivity contribution in [2.75, 3.05) is 19.8 Å². The summed E-state index contributed by atoms with van der Waals surface area (Å²) >= 11 is 0. The number of hydrogen-bond acceptors (Lipinski definition) is 4. The molecule has 2 aliphatic rings. The average Bonchev–Trinajstić information content (AvgIpc) is 3.37. The van der Waals surface area contributed by atoms with Crippen LogP contribution in [0.2, 0.25) is 0 Å². The highest BCUT2D eigenvalue weighted by molar-refractivity contribution is 6.21. The number of carbonyl (C=O) groups is 2. The maximum absolute atomic E-state index is 13.0. The Bertz CT molecular complexity index is 1120. The van der Waals surface area contributed by atoms with Gasteiger partial charge in [0.25, 0.3) is 11.8 Å². The van der Waals surface area contributed by atoms with Crippen LogP contribution in [0.15, 0.2) is 47.6 Å². The maximum atomic E-state index is 13.0. The van der Waals surface area contributed by atoms with Gasteiger partial charge in [0.1, 0.15) is 0 Å². The smallest absolute Gasteiger partial charge is 0.261 e. The van der Waals surface area contributed by atoms with Gasteiger partial charge in [-0.1, -0.05) is 153 Å². The van der Waals surface area contributed by atoms with E-state index in [4.69, 9.17) is 9.47 Å². The van der Waals surface area contributed by atoms with Crippen LogP contribution in [0.25, 0.3) is 0 Å². The van der Waals surface area contributed by atoms with E-state index in [0.717, 1.165) is 31.6 Å². The van der Waals surface area contributed by atoms with E-state index in [2.05, 4.69) is 32.9 Å². The first kappa shape index (κ1) is 43.2. The first-order valence-corrected chi connectivity index (χ1v) is 21.6. The molecule has 0 spiro atoms. The molecule has 0 saturated carbocycles. The zero-order valence-electron chi connectivity index (χ0n) is 33.2. The number of carbonyl (C=O) groups excluding carboxylic acids is 2. The summed E-state index contributed by atoms with van der Waals surface area (Å²) in [5.74, 6) is 0.345. The summed E-state index contributed by atoms with van der Waals surface area (Å²) < 4.78 is 12.3. The number of unbranched alkanes of at least 4 members (excludes halogenated alkanes) is 16. The minimum absolute atomic E-state index is 0.147. The number of amides is 2. The lowest BCUT2D eigenvalue weighted by molar-refractivity contribution is -0.148. The summed E-state index contributed by atoms with van der Waals surface area (Å²) in [6.07, 6.45) is 37.6. The third-order valence-corrected chi connectivity index (χ3v) is 11.0. The van der Waals surface area contributed by atoms with E-state index in [9.17, 15) is 9.59 Å². The van der Waals surface area contributed by atoms with Gasteiger partial charge < -0.3 is 9.47 Å². The van der Waals surface area contributed by atoms with Crippen LogP contribution in [0.3, 0.4) is 0 Å². The van der Waals surface area contributed by atoms with E-state index in [-0.39, 0.29) is 18.4 Å². The van der Waals surface area contributed by atoms with Gasteiger partial charge in [0.15, 0.2) is 6.29 Å². The van der Waals surface area contributed by atoms with Gasteiger partial charge in [-0.3, -0.25) is 14.5 Å². The molecule has 1 aromatic carbocycles. The van der Waals surface area contributed by atoms with Gasteiger partial charge in [0, 0.05) is 13.2 Å². The maximum Gasteiger partial charge on any atom is 0.261 e. The largest absolute Gasteiger partial charge is 0.351 e. The molecule has 288 valence electrons. The standard InChI is InChI=1S/C46H75NO4/c1-4-7-10-11-14-17-24-36-50-44(38-47-45(48)42-32-22-23-33-43(42)46(47)49)51-37-25-18-15-12-13-16-21-27-39-28-26-31-40(29-19-8-5-2)41(35-34-39)30-20-9-6-3/h22-23,27,32-33,35,40,44H,4-21,24-26,28-31,34,36-38H2,1-3H3/b39-27-,41-35+. The second kappa shape index (κ2) is 27.4. The van der Waals surface area contributed by atoms with Gasteiger partial charge in [-0.2, -0.15) is 0 Å². The molecule has 2 atom stereocenters. The summed E-state index contributed by atoms with van der Waals surface area (Å²) in [6, 6.07) is 7.07. The van der Waals surface area contributed by atoms with Gasteiger partial charge >= 0.3 is 0 Å². The Balaban J connectivity index is 1.34. The molecule has 0 fully saturated rings. The van der Waals surface area contributed by atoms with Crippen LogP contribution in [0.5, 0.6) is 0 Å². The number of fused-ring (bicyclic) bond motifs is 1. The number of benzene rings is 1. The summed E-state index contributed by atoms with van der Waals surface area (Å²) in [4.78, 5) is 27.3. The predicted octanol–water partition coefficient (Wildman–Crippen LogP) is 13.3. The Labute approximate surface area is 313 Å². The minimum Gasteiger partial charge on any atom is -0.351 e. The van der Waals surface area contributed by atoms with Crippen molar-refractivity contribution in [3.8, 4) is 0 Å². The molecule has 51 heavy (non-hydrogen) atoms. The first-order chi connectivity index (χ1) is 25.1. The average molecular weight is 706 g/mol. The van der Waals surface area contributed by atoms with Crippen molar-refractivity contribution in [1.29, 1.82) is 0 Å². The van der Waals surface area contributed by atoms with Crippen molar-refractivity contribution in [1.82, 2.24) is 4.90 Å². The first-order valence-electron chi connectivity index (χ1n) is 21.6. The van der Waals surface area contributed by atoms with Crippen molar-refractivity contribution in [2.45, 2.75) is 194 Å². The number of hydrogen-bond donors (Lipinski definition) is 0. The fourth-order valence-electron chi connectivity index (χ4n) is 7.79. The Hall–Kier alpha value is -2.24. The monoisotopic (exact) mass is 706 g/mol. The molecule has 0 saturated heterocycles. The summed E-state index contributed by atoms with van der Waals surface area (Å²) in [5, 5.41) is 0. The molecule has 0 radical (unpaired) electrons. The molecule has 3 rings (SSSR count). The van der Waals surface area contributed by atoms with Crippen LogP contribution in [-0.4, -0.2) is 42.8 Å². The number of allylic oxidation sites excluding steroid dienone is 4. The summed E-state index contributed by atoms with van der Waals surface area (Å²) in [7, 11) is 0. The zero-order valence-corrected chi connectivity index (χ0v) is 33.2. The molecule has 5 heteroatoms. The highest BCUT2D eigenvalue weighted by Gasteiger charge is 2.36. The van der Waals surface area contributed by atoms with Gasteiger partial charge in [0.05, 0.1) is 17.7 Å². The van der Waals surface area contributed by atoms with Gasteiger partial charge in [0.2, 0.25) is 0 Å². The fraction of sp³-hybridized carbons (Fsp3) is 0.739. The number of imide groups is 1. The Kier molecular flexibility index (Phi) is 23.2. The van der Waals surface area contributed by atoms with E-state index in [1.807, 2.05) is 0 Å². The molecule has 1 aromatic rings. The number of ether oxygens (including phenoxy) is 2. The van der Waals surface area contributed by atoms with Crippen LogP contribution in [0.4, 0.5) is 0 Å². The zero-order chi connectivity index (χ0) is 36.4. The van der Waals surface area contributed by atoms with Crippen molar-refractivity contribution in [3.05, 3.63) is 58.7 Å². The second-order valence-electron chi connectivity index (χ2n) is 15.4. The molecule has 1 aliphatic heterocycles. The third-order valence-electron chi connectivity index (χ3n) is 11.0. The predicted molar refractivity (Wildman–Crippen MR) is 214 cm³/mol. The lowest BCUT2D eigenvalue weighted by Crippen LogP contribution is -2.39. The summed E-state index contributed by atoms with van der Waals surface area (Å²) in [6.45, 7) is 8.20. The van der Waals surface area contributed by atoms with Crippen molar-refractivity contribution in [2.24, 2.45) is 5.92 Å². The topological polar surface area (TPSA) is 55.8 Å². The minimum atomic E-state index is -0.581. The van der Waals surface area contributed by atoms with Crippen LogP contribution in [0, 0.1) is 5.92 Å². The van der Waals surface area contributed by atoms with E-state index in [1.54, 1.807) is 35.4 Å². The SMILES string of the molecule is CCCCCCCCCOC(CN1C(=O)c2ccccc2C1=O)OCCCCCCCC/C=C1\C/C=C(\CCCCC)C(CCCCC)CCC1. The number of rotatable bonds is 29. The van der Waals surface area contributed by atoms with Gasteiger partial charge in [-0.15, -0.1) is 0 Å².